The molecular weight excluding hydrogens is 270 g/mol. The van der Waals surface area contributed by atoms with Crippen LogP contribution in [-0.2, 0) is 10.3 Å². The summed E-state index contributed by atoms with van der Waals surface area (Å²) in [5, 5.41) is 0. The van der Waals surface area contributed by atoms with E-state index in [-0.39, 0.29) is 5.54 Å². The summed E-state index contributed by atoms with van der Waals surface area (Å²) in [6, 6.07) is 8.90. The van der Waals surface area contributed by atoms with Crippen molar-refractivity contribution in [1.29, 1.82) is 0 Å². The highest BCUT2D eigenvalue weighted by molar-refractivity contribution is 5.40. The lowest BCUT2D eigenvalue weighted by Gasteiger charge is -2.35. The van der Waals surface area contributed by atoms with Gasteiger partial charge in [0.25, 0.3) is 0 Å². The highest BCUT2D eigenvalue weighted by Gasteiger charge is 2.36. The number of aliphatic imine (C=N–C) groups is 1. The van der Waals surface area contributed by atoms with Gasteiger partial charge in [-0.1, -0.05) is 51.0 Å². The number of rotatable bonds is 3. The molecule has 0 bridgehead atoms. The van der Waals surface area contributed by atoms with Crippen molar-refractivity contribution >= 4 is 6.08 Å². The smallest absolute Gasteiger partial charge is 0.211 e. The van der Waals surface area contributed by atoms with Crippen molar-refractivity contribution in [2.45, 2.75) is 76.7 Å². The van der Waals surface area contributed by atoms with Crippen molar-refractivity contribution in [3.63, 3.8) is 0 Å². The molecule has 2 fully saturated rings. The van der Waals surface area contributed by atoms with Gasteiger partial charge in [0.15, 0.2) is 0 Å². The van der Waals surface area contributed by atoms with Crippen LogP contribution in [0, 0.1) is 5.41 Å². The fourth-order valence-electron chi connectivity index (χ4n) is 4.33. The minimum atomic E-state index is -0.286. The van der Waals surface area contributed by atoms with E-state index in [0.29, 0.717) is 11.3 Å². The summed E-state index contributed by atoms with van der Waals surface area (Å²) < 4.78 is 0. The molecule has 0 aliphatic heterocycles. The Morgan fingerprint density at radius 2 is 1.77 bits per heavy atom. The zero-order valence-electron chi connectivity index (χ0n) is 13.9. The first-order valence-corrected chi connectivity index (χ1v) is 8.74. The Morgan fingerprint density at radius 1 is 1.09 bits per heavy atom. The summed E-state index contributed by atoms with van der Waals surface area (Å²) in [7, 11) is 0. The minimum Gasteiger partial charge on any atom is -0.211 e. The largest absolute Gasteiger partial charge is 0.235 e. The molecule has 2 heteroatoms. The van der Waals surface area contributed by atoms with Crippen LogP contribution in [0.3, 0.4) is 0 Å². The van der Waals surface area contributed by atoms with E-state index in [4.69, 9.17) is 0 Å². The van der Waals surface area contributed by atoms with Crippen LogP contribution in [0.4, 0.5) is 0 Å². The van der Waals surface area contributed by atoms with E-state index in [1.165, 1.54) is 36.8 Å². The topological polar surface area (TPSA) is 29.4 Å². The van der Waals surface area contributed by atoms with Gasteiger partial charge in [-0.15, -0.1) is 0 Å². The normalized spacial score (nSPS) is 23.9. The molecule has 0 unspecified atom stereocenters. The molecule has 0 N–H and O–H groups in total. The maximum atomic E-state index is 10.9. The van der Waals surface area contributed by atoms with E-state index in [0.717, 1.165) is 25.7 Å². The fourth-order valence-corrected chi connectivity index (χ4v) is 4.33. The molecule has 0 aromatic heterocycles. The van der Waals surface area contributed by atoms with Gasteiger partial charge < -0.3 is 0 Å². The first kappa shape index (κ1) is 15.5. The van der Waals surface area contributed by atoms with Crippen LogP contribution in [0.25, 0.3) is 0 Å². The molecule has 0 radical (unpaired) electrons. The number of carbonyl (C=O) groups excluding carboxylic acids is 1. The number of nitrogens with zero attached hydrogens (tertiary/aromatic N) is 1. The molecule has 3 rings (SSSR count). The third-order valence-corrected chi connectivity index (χ3v) is 5.92. The zero-order valence-corrected chi connectivity index (χ0v) is 13.9. The third kappa shape index (κ3) is 3.03. The summed E-state index contributed by atoms with van der Waals surface area (Å²) in [5.74, 6) is 0.673. The molecule has 22 heavy (non-hydrogen) atoms. The van der Waals surface area contributed by atoms with Gasteiger partial charge in [-0.3, -0.25) is 0 Å². The Bertz CT molecular complexity index is 567. The first-order chi connectivity index (χ1) is 10.5. The molecule has 0 amide bonds. The van der Waals surface area contributed by atoms with Gasteiger partial charge in [0.05, 0.1) is 5.54 Å². The van der Waals surface area contributed by atoms with E-state index in [2.05, 4.69) is 43.1 Å². The SMILES string of the molecule is CC1(C)CCC(c2cccc(C3(N=C=O)CCCC3)c2)CC1. The van der Waals surface area contributed by atoms with Crippen LogP contribution in [0.1, 0.15) is 82.3 Å². The maximum Gasteiger partial charge on any atom is 0.235 e. The van der Waals surface area contributed by atoms with Crippen molar-refractivity contribution in [3.8, 4) is 0 Å². The number of benzene rings is 1. The predicted molar refractivity (Wildman–Crippen MR) is 89.7 cm³/mol. The van der Waals surface area contributed by atoms with Crippen molar-refractivity contribution in [2.24, 2.45) is 10.4 Å². The predicted octanol–water partition coefficient (Wildman–Crippen LogP) is 5.48. The molecular formula is C20H27NO. The molecule has 0 heterocycles. The lowest BCUT2D eigenvalue weighted by atomic mass is 9.71. The third-order valence-electron chi connectivity index (χ3n) is 5.92. The van der Waals surface area contributed by atoms with Crippen LogP contribution < -0.4 is 0 Å². The van der Waals surface area contributed by atoms with E-state index in [1.807, 2.05) is 6.08 Å². The van der Waals surface area contributed by atoms with Crippen LogP contribution in [-0.4, -0.2) is 6.08 Å². The highest BCUT2D eigenvalue weighted by atomic mass is 16.1. The quantitative estimate of drug-likeness (QED) is 0.537. The molecule has 2 nitrogen and oxygen atoms in total. The average molecular weight is 297 g/mol. The Hall–Kier alpha value is -1.40. The Balaban J connectivity index is 1.85. The van der Waals surface area contributed by atoms with Gasteiger partial charge in [-0.05, 0) is 61.0 Å². The molecule has 0 saturated heterocycles. The molecule has 0 spiro atoms. The summed E-state index contributed by atoms with van der Waals surface area (Å²) >= 11 is 0. The standard InChI is InChI=1S/C20H27NO/c1-19(2)12-8-16(9-13-19)17-6-5-7-18(14-17)20(21-15-22)10-3-4-11-20/h5-7,14,16H,3-4,8-13H2,1-2H3. The minimum absolute atomic E-state index is 0.286. The summed E-state index contributed by atoms with van der Waals surface area (Å²) in [6.45, 7) is 4.76. The summed E-state index contributed by atoms with van der Waals surface area (Å²) in [6.07, 6.45) is 11.3. The summed E-state index contributed by atoms with van der Waals surface area (Å²) in [4.78, 5) is 15.1. The lowest BCUT2D eigenvalue weighted by molar-refractivity contribution is 0.224. The molecule has 1 aromatic rings. The van der Waals surface area contributed by atoms with Gasteiger partial charge >= 0.3 is 0 Å². The zero-order chi connectivity index (χ0) is 15.6. The molecule has 0 atom stereocenters. The molecule has 2 aliphatic rings. The van der Waals surface area contributed by atoms with E-state index >= 15 is 0 Å². The monoisotopic (exact) mass is 297 g/mol. The van der Waals surface area contributed by atoms with E-state index in [1.54, 1.807) is 0 Å². The second kappa shape index (κ2) is 6.01. The maximum absolute atomic E-state index is 10.9. The Morgan fingerprint density at radius 3 is 2.41 bits per heavy atom. The number of hydrogen-bond acceptors (Lipinski definition) is 2. The number of isocyanates is 1. The molecule has 2 saturated carbocycles. The van der Waals surface area contributed by atoms with Crippen LogP contribution in [0.2, 0.25) is 0 Å². The van der Waals surface area contributed by atoms with Gasteiger partial charge in [0, 0.05) is 0 Å². The molecule has 118 valence electrons. The summed E-state index contributed by atoms with van der Waals surface area (Å²) in [5.41, 5.74) is 2.89. The van der Waals surface area contributed by atoms with Crippen LogP contribution in [0.15, 0.2) is 29.3 Å². The first-order valence-electron chi connectivity index (χ1n) is 8.74. The second-order valence-electron chi connectivity index (χ2n) is 8.01. The van der Waals surface area contributed by atoms with Crippen molar-refractivity contribution in [2.75, 3.05) is 0 Å². The van der Waals surface area contributed by atoms with Crippen LogP contribution >= 0.6 is 0 Å². The second-order valence-corrected chi connectivity index (χ2v) is 8.01. The number of hydrogen-bond donors (Lipinski definition) is 0. The van der Waals surface area contributed by atoms with Gasteiger partial charge in [0.2, 0.25) is 6.08 Å². The van der Waals surface area contributed by atoms with Crippen LogP contribution in [0.5, 0.6) is 0 Å². The Kier molecular flexibility index (Phi) is 4.23. The van der Waals surface area contributed by atoms with Gasteiger partial charge in [-0.25, -0.2) is 4.79 Å². The van der Waals surface area contributed by atoms with Crippen molar-refractivity contribution < 1.29 is 4.79 Å². The van der Waals surface area contributed by atoms with Crippen molar-refractivity contribution in [1.82, 2.24) is 0 Å². The lowest BCUT2D eigenvalue weighted by Crippen LogP contribution is -2.22. The fraction of sp³-hybridized carbons (Fsp3) is 0.650. The average Bonchev–Trinajstić information content (AvgIpc) is 2.98. The molecule has 1 aromatic carbocycles. The van der Waals surface area contributed by atoms with E-state index < -0.39 is 0 Å². The van der Waals surface area contributed by atoms with E-state index in [9.17, 15) is 4.79 Å². The van der Waals surface area contributed by atoms with Gasteiger partial charge in [-0.2, -0.15) is 4.99 Å². The highest BCUT2D eigenvalue weighted by Crippen LogP contribution is 2.45. The van der Waals surface area contributed by atoms with Gasteiger partial charge in [0.1, 0.15) is 0 Å². The Labute approximate surface area is 134 Å². The molecule has 2 aliphatic carbocycles. The van der Waals surface area contributed by atoms with Crippen molar-refractivity contribution in [3.05, 3.63) is 35.4 Å².